The fraction of sp³-hybridized carbons (Fsp3) is 0.538. The highest BCUT2D eigenvalue weighted by Crippen LogP contribution is 2.37. The Kier molecular flexibility index (Phi) is 2.70. The topological polar surface area (TPSA) is 23.5 Å². The molecule has 82 valence electrons. The summed E-state index contributed by atoms with van der Waals surface area (Å²) in [5.74, 6) is 0. The maximum absolute atomic E-state index is 9.76. The number of aliphatic hydroxyl groups excluding tert-OH is 1. The van der Waals surface area contributed by atoms with Crippen LogP contribution in [0.1, 0.15) is 38.0 Å². The van der Waals surface area contributed by atoms with E-state index < -0.39 is 0 Å². The van der Waals surface area contributed by atoms with Crippen LogP contribution in [0.15, 0.2) is 18.2 Å². The van der Waals surface area contributed by atoms with Gasteiger partial charge in [-0.15, -0.1) is 0 Å². The lowest BCUT2D eigenvalue weighted by Crippen LogP contribution is -2.29. The molecule has 2 unspecified atom stereocenters. The van der Waals surface area contributed by atoms with E-state index in [2.05, 4.69) is 24.8 Å². The molecule has 1 aliphatic heterocycles. The third-order valence-corrected chi connectivity index (χ3v) is 3.28. The van der Waals surface area contributed by atoms with Crippen LogP contribution in [-0.4, -0.2) is 17.7 Å². The molecule has 0 aliphatic carbocycles. The summed E-state index contributed by atoms with van der Waals surface area (Å²) in [4.78, 5) is 2.39. The van der Waals surface area contributed by atoms with E-state index in [9.17, 15) is 5.11 Å². The minimum absolute atomic E-state index is 0.376. The molecule has 2 atom stereocenters. The van der Waals surface area contributed by atoms with Crippen LogP contribution in [0.4, 0.5) is 5.69 Å². The number of benzene rings is 1. The molecule has 0 bridgehead atoms. The van der Waals surface area contributed by atoms with Gasteiger partial charge in [-0.1, -0.05) is 18.2 Å². The lowest BCUT2D eigenvalue weighted by Gasteiger charge is -2.25. The number of nitrogens with zero attached hydrogens (tertiary/aromatic N) is 1. The smallest absolute Gasteiger partial charge is 0.0782 e. The van der Waals surface area contributed by atoms with Crippen molar-refractivity contribution in [2.75, 3.05) is 11.4 Å². The molecule has 1 aliphatic rings. The second-order valence-corrected chi connectivity index (χ2v) is 4.37. The summed E-state index contributed by atoms with van der Waals surface area (Å²) in [6.07, 6.45) is 0.725. The van der Waals surface area contributed by atoms with Crippen LogP contribution in [-0.2, 0) is 6.42 Å². The van der Waals surface area contributed by atoms with Crippen LogP contribution in [0.25, 0.3) is 0 Å². The summed E-state index contributed by atoms with van der Waals surface area (Å²) < 4.78 is 0. The van der Waals surface area contributed by atoms with Gasteiger partial charge in [-0.05, 0) is 32.8 Å². The Balaban J connectivity index is 2.51. The van der Waals surface area contributed by atoms with Crippen LogP contribution in [0.5, 0.6) is 0 Å². The van der Waals surface area contributed by atoms with Crippen molar-refractivity contribution < 1.29 is 5.11 Å². The van der Waals surface area contributed by atoms with E-state index in [1.165, 1.54) is 11.3 Å². The average Bonchev–Trinajstić information content (AvgIpc) is 2.52. The van der Waals surface area contributed by atoms with Gasteiger partial charge in [0.1, 0.15) is 0 Å². The summed E-state index contributed by atoms with van der Waals surface area (Å²) >= 11 is 0. The molecule has 1 aromatic rings. The van der Waals surface area contributed by atoms with Crippen LogP contribution >= 0.6 is 0 Å². The van der Waals surface area contributed by atoms with Crippen molar-refractivity contribution in [3.63, 3.8) is 0 Å². The first-order chi connectivity index (χ1) is 7.15. The van der Waals surface area contributed by atoms with Gasteiger partial charge in [0.15, 0.2) is 0 Å². The number of fused-ring (bicyclic) bond motifs is 1. The molecule has 0 spiro atoms. The van der Waals surface area contributed by atoms with Crippen molar-refractivity contribution in [3.05, 3.63) is 29.3 Å². The first-order valence-corrected chi connectivity index (χ1v) is 5.71. The molecule has 2 heteroatoms. The summed E-state index contributed by atoms with van der Waals surface area (Å²) in [5.41, 5.74) is 3.71. The van der Waals surface area contributed by atoms with E-state index in [1.807, 2.05) is 19.1 Å². The predicted octanol–water partition coefficient (Wildman–Crippen LogP) is 2.51. The highest BCUT2D eigenvalue weighted by Gasteiger charge is 2.27. The Morgan fingerprint density at radius 3 is 2.87 bits per heavy atom. The number of anilines is 1. The molecular formula is C13H19NO. The SMILES string of the molecule is CCN1c2c(cccc2C(C)O)CC1C. The third-order valence-electron chi connectivity index (χ3n) is 3.28. The minimum atomic E-state index is -0.376. The van der Waals surface area contributed by atoms with Gasteiger partial charge in [0.05, 0.1) is 6.10 Å². The number of hydrogen-bond acceptors (Lipinski definition) is 2. The molecule has 1 heterocycles. The standard InChI is InChI=1S/C13H19NO/c1-4-14-9(2)8-11-6-5-7-12(10(3)15)13(11)14/h5-7,9-10,15H,4,8H2,1-3H3. The average molecular weight is 205 g/mol. The monoisotopic (exact) mass is 205 g/mol. The lowest BCUT2D eigenvalue weighted by atomic mass is 10.0. The fourth-order valence-electron chi connectivity index (χ4n) is 2.58. The van der Waals surface area contributed by atoms with E-state index in [0.29, 0.717) is 6.04 Å². The first-order valence-electron chi connectivity index (χ1n) is 5.71. The van der Waals surface area contributed by atoms with Gasteiger partial charge < -0.3 is 10.0 Å². The number of likely N-dealkylation sites (N-methyl/N-ethyl adjacent to an activating group) is 1. The molecule has 2 nitrogen and oxygen atoms in total. The maximum atomic E-state index is 9.76. The molecular weight excluding hydrogens is 186 g/mol. The summed E-state index contributed by atoms with van der Waals surface area (Å²) in [5, 5.41) is 9.76. The third kappa shape index (κ3) is 1.63. The van der Waals surface area contributed by atoms with Gasteiger partial charge in [0.25, 0.3) is 0 Å². The quantitative estimate of drug-likeness (QED) is 0.802. The molecule has 2 rings (SSSR count). The van der Waals surface area contributed by atoms with Crippen molar-refractivity contribution in [1.29, 1.82) is 0 Å². The number of hydrogen-bond donors (Lipinski definition) is 1. The number of para-hydroxylation sites is 1. The first kappa shape index (κ1) is 10.5. The minimum Gasteiger partial charge on any atom is -0.389 e. The highest BCUT2D eigenvalue weighted by molar-refractivity contribution is 5.65. The zero-order valence-corrected chi connectivity index (χ0v) is 9.70. The van der Waals surface area contributed by atoms with Crippen molar-refractivity contribution in [2.24, 2.45) is 0 Å². The largest absolute Gasteiger partial charge is 0.389 e. The Bertz CT molecular complexity index is 360. The van der Waals surface area contributed by atoms with Crippen LogP contribution in [0.3, 0.4) is 0 Å². The second kappa shape index (κ2) is 3.86. The van der Waals surface area contributed by atoms with Crippen molar-refractivity contribution >= 4 is 5.69 Å². The summed E-state index contributed by atoms with van der Waals surface area (Å²) in [6.45, 7) is 7.27. The van der Waals surface area contributed by atoms with E-state index in [1.54, 1.807) is 0 Å². The molecule has 15 heavy (non-hydrogen) atoms. The molecule has 1 aromatic carbocycles. The Morgan fingerprint density at radius 1 is 1.53 bits per heavy atom. The van der Waals surface area contributed by atoms with Crippen LogP contribution < -0.4 is 4.90 Å². The molecule has 0 saturated heterocycles. The molecule has 0 fully saturated rings. The van der Waals surface area contributed by atoms with Gasteiger partial charge in [-0.3, -0.25) is 0 Å². The van der Waals surface area contributed by atoms with Gasteiger partial charge in [-0.25, -0.2) is 0 Å². The van der Waals surface area contributed by atoms with E-state index in [-0.39, 0.29) is 6.10 Å². The van der Waals surface area contributed by atoms with Gasteiger partial charge in [0.2, 0.25) is 0 Å². The lowest BCUT2D eigenvalue weighted by molar-refractivity contribution is 0.199. The Labute approximate surface area is 91.5 Å². The zero-order chi connectivity index (χ0) is 11.0. The zero-order valence-electron chi connectivity index (χ0n) is 9.70. The highest BCUT2D eigenvalue weighted by atomic mass is 16.3. The van der Waals surface area contributed by atoms with E-state index in [4.69, 9.17) is 0 Å². The molecule has 1 N–H and O–H groups in total. The predicted molar refractivity (Wildman–Crippen MR) is 63.3 cm³/mol. The van der Waals surface area contributed by atoms with Gasteiger partial charge >= 0.3 is 0 Å². The number of rotatable bonds is 2. The van der Waals surface area contributed by atoms with Gasteiger partial charge in [0, 0.05) is 23.8 Å². The van der Waals surface area contributed by atoms with Crippen molar-refractivity contribution in [2.45, 2.75) is 39.3 Å². The normalized spacial score (nSPS) is 21.6. The molecule has 0 saturated carbocycles. The molecule has 0 amide bonds. The van der Waals surface area contributed by atoms with Crippen molar-refractivity contribution in [3.8, 4) is 0 Å². The van der Waals surface area contributed by atoms with Crippen LogP contribution in [0.2, 0.25) is 0 Å². The molecule has 0 radical (unpaired) electrons. The summed E-state index contributed by atoms with van der Waals surface area (Å²) in [6, 6.07) is 6.81. The van der Waals surface area contributed by atoms with Gasteiger partial charge in [-0.2, -0.15) is 0 Å². The van der Waals surface area contributed by atoms with Crippen molar-refractivity contribution in [1.82, 2.24) is 0 Å². The maximum Gasteiger partial charge on any atom is 0.0782 e. The Morgan fingerprint density at radius 2 is 2.27 bits per heavy atom. The number of aliphatic hydroxyl groups is 1. The second-order valence-electron chi connectivity index (χ2n) is 4.37. The van der Waals surface area contributed by atoms with E-state index in [0.717, 1.165) is 18.5 Å². The van der Waals surface area contributed by atoms with E-state index >= 15 is 0 Å². The van der Waals surface area contributed by atoms with Crippen LogP contribution in [0, 0.1) is 0 Å². The summed E-state index contributed by atoms with van der Waals surface area (Å²) in [7, 11) is 0. The Hall–Kier alpha value is -1.02. The fourth-order valence-corrected chi connectivity index (χ4v) is 2.58. The molecule has 0 aromatic heterocycles.